The Hall–Kier alpha value is -2.12. The van der Waals surface area contributed by atoms with Crippen LogP contribution in [0.3, 0.4) is 0 Å². The molecule has 7 nitrogen and oxygen atoms in total. The molecule has 112 valence electrons. The van der Waals surface area contributed by atoms with Crippen molar-refractivity contribution in [3.63, 3.8) is 0 Å². The van der Waals surface area contributed by atoms with Crippen molar-refractivity contribution in [2.45, 2.75) is 6.04 Å². The van der Waals surface area contributed by atoms with Crippen LogP contribution in [0.15, 0.2) is 22.7 Å². The van der Waals surface area contributed by atoms with Crippen LogP contribution in [0.1, 0.15) is 11.9 Å². The fourth-order valence-corrected chi connectivity index (χ4v) is 2.15. The summed E-state index contributed by atoms with van der Waals surface area (Å²) in [6.45, 7) is 1.76. The number of ether oxygens (including phenoxy) is 2. The van der Waals surface area contributed by atoms with Crippen LogP contribution in [-0.4, -0.2) is 48.9 Å². The van der Waals surface area contributed by atoms with Crippen molar-refractivity contribution in [2.75, 3.05) is 33.9 Å². The SMILES string of the molecule is CN(C)CC(N)c1noc(-c2ccc3c(c2)OCCO3)n1. The first-order chi connectivity index (χ1) is 10.1. The minimum Gasteiger partial charge on any atom is -0.486 e. The first-order valence-corrected chi connectivity index (χ1v) is 6.77. The third kappa shape index (κ3) is 2.98. The Morgan fingerprint density at radius 2 is 2.00 bits per heavy atom. The Morgan fingerprint density at radius 3 is 2.76 bits per heavy atom. The van der Waals surface area contributed by atoms with Gasteiger partial charge in [0.1, 0.15) is 13.2 Å². The van der Waals surface area contributed by atoms with Crippen LogP contribution < -0.4 is 15.2 Å². The number of aromatic nitrogens is 2. The van der Waals surface area contributed by atoms with E-state index in [1.165, 1.54) is 0 Å². The predicted octanol–water partition coefficient (Wildman–Crippen LogP) is 1.07. The van der Waals surface area contributed by atoms with Crippen molar-refractivity contribution in [1.82, 2.24) is 15.0 Å². The van der Waals surface area contributed by atoms with Crippen molar-refractivity contribution < 1.29 is 14.0 Å². The molecule has 1 unspecified atom stereocenters. The normalized spacial score (nSPS) is 15.2. The highest BCUT2D eigenvalue weighted by Gasteiger charge is 2.18. The summed E-state index contributed by atoms with van der Waals surface area (Å²) in [6, 6.07) is 5.26. The van der Waals surface area contributed by atoms with E-state index in [1.54, 1.807) is 0 Å². The lowest BCUT2D eigenvalue weighted by Crippen LogP contribution is -2.26. The van der Waals surface area contributed by atoms with Crippen molar-refractivity contribution >= 4 is 0 Å². The van der Waals surface area contributed by atoms with Crippen LogP contribution in [-0.2, 0) is 0 Å². The van der Waals surface area contributed by atoms with Gasteiger partial charge in [0.2, 0.25) is 0 Å². The molecule has 21 heavy (non-hydrogen) atoms. The van der Waals surface area contributed by atoms with Crippen LogP contribution in [0.25, 0.3) is 11.5 Å². The lowest BCUT2D eigenvalue weighted by Gasteiger charge is -2.18. The second-order valence-electron chi connectivity index (χ2n) is 5.18. The van der Waals surface area contributed by atoms with Gasteiger partial charge in [-0.2, -0.15) is 4.98 Å². The Labute approximate surface area is 122 Å². The van der Waals surface area contributed by atoms with E-state index in [0.717, 1.165) is 11.3 Å². The third-order valence-corrected chi connectivity index (χ3v) is 3.12. The van der Waals surface area contributed by atoms with Crippen LogP contribution in [0.2, 0.25) is 0 Å². The molecule has 0 amide bonds. The molecule has 2 N–H and O–H groups in total. The zero-order valence-electron chi connectivity index (χ0n) is 12.1. The maximum Gasteiger partial charge on any atom is 0.258 e. The highest BCUT2D eigenvalue weighted by atomic mass is 16.6. The largest absolute Gasteiger partial charge is 0.486 e. The molecule has 1 aliphatic heterocycles. The second-order valence-corrected chi connectivity index (χ2v) is 5.18. The van der Waals surface area contributed by atoms with Gasteiger partial charge in [-0.05, 0) is 32.3 Å². The quantitative estimate of drug-likeness (QED) is 0.901. The number of nitrogens with zero attached hydrogens (tertiary/aromatic N) is 3. The van der Waals surface area contributed by atoms with E-state index >= 15 is 0 Å². The lowest BCUT2D eigenvalue weighted by atomic mass is 10.2. The third-order valence-electron chi connectivity index (χ3n) is 3.12. The first-order valence-electron chi connectivity index (χ1n) is 6.77. The van der Waals surface area contributed by atoms with Crippen LogP contribution in [0.4, 0.5) is 0 Å². The fraction of sp³-hybridized carbons (Fsp3) is 0.429. The average Bonchev–Trinajstić information content (AvgIpc) is 2.96. The van der Waals surface area contributed by atoms with Crippen LogP contribution in [0, 0.1) is 0 Å². The van der Waals surface area contributed by atoms with E-state index in [-0.39, 0.29) is 6.04 Å². The number of fused-ring (bicyclic) bond motifs is 1. The van der Waals surface area contributed by atoms with E-state index < -0.39 is 0 Å². The van der Waals surface area contributed by atoms with Gasteiger partial charge in [-0.25, -0.2) is 0 Å². The molecular formula is C14H18N4O3. The smallest absolute Gasteiger partial charge is 0.258 e. The molecule has 1 aromatic heterocycles. The number of benzene rings is 1. The van der Waals surface area contributed by atoms with E-state index in [9.17, 15) is 0 Å². The molecule has 0 fully saturated rings. The minimum atomic E-state index is -0.283. The molecule has 0 bridgehead atoms. The van der Waals surface area contributed by atoms with Gasteiger partial charge in [0.15, 0.2) is 17.3 Å². The van der Waals surface area contributed by atoms with Gasteiger partial charge in [0.25, 0.3) is 5.89 Å². The predicted molar refractivity (Wildman–Crippen MR) is 76.2 cm³/mol. The molecule has 0 saturated heterocycles. The van der Waals surface area contributed by atoms with E-state index in [4.69, 9.17) is 19.7 Å². The van der Waals surface area contributed by atoms with E-state index in [1.807, 2.05) is 37.2 Å². The van der Waals surface area contributed by atoms with Crippen LogP contribution in [0.5, 0.6) is 11.5 Å². The minimum absolute atomic E-state index is 0.283. The van der Waals surface area contributed by atoms with Crippen molar-refractivity contribution in [3.05, 3.63) is 24.0 Å². The van der Waals surface area contributed by atoms with Gasteiger partial charge in [-0.1, -0.05) is 5.16 Å². The molecule has 1 atom stereocenters. The number of hydrogen-bond acceptors (Lipinski definition) is 7. The highest BCUT2D eigenvalue weighted by molar-refractivity contribution is 5.60. The first kappa shape index (κ1) is 13.8. The van der Waals surface area contributed by atoms with Crippen molar-refractivity contribution in [2.24, 2.45) is 5.73 Å². The van der Waals surface area contributed by atoms with Gasteiger partial charge in [0, 0.05) is 12.1 Å². The van der Waals surface area contributed by atoms with Gasteiger partial charge in [-0.3, -0.25) is 0 Å². The zero-order chi connectivity index (χ0) is 14.8. The van der Waals surface area contributed by atoms with Gasteiger partial charge in [0.05, 0.1) is 6.04 Å². The second kappa shape index (κ2) is 5.71. The topological polar surface area (TPSA) is 86.6 Å². The van der Waals surface area contributed by atoms with Crippen LogP contribution >= 0.6 is 0 Å². The maximum absolute atomic E-state index is 6.03. The number of nitrogens with two attached hydrogens (primary N) is 1. The summed E-state index contributed by atoms with van der Waals surface area (Å²) in [5, 5.41) is 3.95. The summed E-state index contributed by atoms with van der Waals surface area (Å²) in [6.07, 6.45) is 0. The number of likely N-dealkylation sites (N-methyl/N-ethyl adjacent to an activating group) is 1. The molecule has 0 radical (unpaired) electrons. The molecule has 3 rings (SSSR count). The Bertz CT molecular complexity index is 626. The molecule has 2 aromatic rings. The Balaban J connectivity index is 1.83. The van der Waals surface area contributed by atoms with Gasteiger partial charge >= 0.3 is 0 Å². The van der Waals surface area contributed by atoms with Gasteiger partial charge < -0.3 is 24.6 Å². The summed E-state index contributed by atoms with van der Waals surface area (Å²) in [5.41, 5.74) is 6.81. The highest BCUT2D eigenvalue weighted by Crippen LogP contribution is 2.34. The monoisotopic (exact) mass is 290 g/mol. The molecular weight excluding hydrogens is 272 g/mol. The molecule has 1 aromatic carbocycles. The number of hydrogen-bond donors (Lipinski definition) is 1. The summed E-state index contributed by atoms with van der Waals surface area (Å²) in [7, 11) is 3.89. The van der Waals surface area contributed by atoms with Crippen molar-refractivity contribution in [1.29, 1.82) is 0 Å². The summed E-state index contributed by atoms with van der Waals surface area (Å²) in [4.78, 5) is 6.33. The standard InChI is InChI=1S/C14H18N4O3/c1-18(2)8-10(15)13-16-14(21-17-13)9-3-4-11-12(7-9)20-6-5-19-11/h3-4,7,10H,5-6,8,15H2,1-2H3. The molecule has 0 spiro atoms. The molecule has 7 heteroatoms. The molecule has 0 aliphatic carbocycles. The molecule has 0 saturated carbocycles. The van der Waals surface area contributed by atoms with Crippen molar-refractivity contribution in [3.8, 4) is 23.0 Å². The Kier molecular flexibility index (Phi) is 3.76. The summed E-state index contributed by atoms with van der Waals surface area (Å²) < 4.78 is 16.3. The Morgan fingerprint density at radius 1 is 1.24 bits per heavy atom. The zero-order valence-corrected chi connectivity index (χ0v) is 12.1. The fourth-order valence-electron chi connectivity index (χ4n) is 2.15. The molecule has 2 heterocycles. The summed E-state index contributed by atoms with van der Waals surface area (Å²) >= 11 is 0. The summed E-state index contributed by atoms with van der Waals surface area (Å²) in [5.74, 6) is 2.34. The van der Waals surface area contributed by atoms with E-state index in [2.05, 4.69) is 10.1 Å². The maximum atomic E-state index is 6.03. The lowest BCUT2D eigenvalue weighted by molar-refractivity contribution is 0.171. The number of rotatable bonds is 4. The van der Waals surface area contributed by atoms with E-state index in [0.29, 0.717) is 37.2 Å². The average molecular weight is 290 g/mol. The van der Waals surface area contributed by atoms with Gasteiger partial charge in [-0.15, -0.1) is 0 Å². The molecule has 1 aliphatic rings.